The molecule has 0 aromatic heterocycles. The molecule has 15 heteroatoms. The van der Waals surface area contributed by atoms with Crippen LogP contribution in [0.25, 0.3) is 10.4 Å². The largest absolute Gasteiger partial charge is 0.455 e. The Hall–Kier alpha value is -1.56. The molecule has 0 saturated heterocycles. The Morgan fingerprint density at radius 3 is 1.57 bits per heavy atom. The van der Waals surface area contributed by atoms with Gasteiger partial charge in [-0.3, -0.25) is 9.59 Å². The molecule has 234 valence electrons. The van der Waals surface area contributed by atoms with Crippen molar-refractivity contribution in [2.45, 2.75) is 64.0 Å². The molecule has 0 saturated carbocycles. The molecule has 0 aliphatic rings. The molecule has 0 aliphatic heterocycles. The molecule has 2 N–H and O–H groups in total. The van der Waals surface area contributed by atoms with E-state index in [4.69, 9.17) is 33.3 Å². The quantitative estimate of drug-likeness (QED) is 0.0450. The van der Waals surface area contributed by atoms with E-state index in [1.165, 1.54) is 0 Å². The molecule has 0 bridgehead atoms. The van der Waals surface area contributed by atoms with Gasteiger partial charge in [0.05, 0.1) is 66.1 Å². The molecule has 0 atom stereocenters. The third-order valence-electron chi connectivity index (χ3n) is 5.65. The third-order valence-corrected chi connectivity index (χ3v) is 13.2. The van der Waals surface area contributed by atoms with Gasteiger partial charge in [0, 0.05) is 37.9 Å². The predicted molar refractivity (Wildman–Crippen MR) is 159 cm³/mol. The number of hydrogen-bond donors (Lipinski definition) is 2. The van der Waals surface area contributed by atoms with Gasteiger partial charge in [0.15, 0.2) is 16.6 Å². The topological polar surface area (TPSA) is 162 Å². The summed E-state index contributed by atoms with van der Waals surface area (Å²) < 4.78 is 33.5. The number of rotatable bonds is 28. The molecular weight excluding hydrogens is 554 g/mol. The number of carbonyl (C=O) groups is 2. The molecule has 2 amide bonds. The van der Waals surface area contributed by atoms with E-state index in [2.05, 4.69) is 46.8 Å². The van der Waals surface area contributed by atoms with Crippen molar-refractivity contribution < 1.29 is 37.4 Å². The van der Waals surface area contributed by atoms with Crippen molar-refractivity contribution in [2.24, 2.45) is 5.11 Å². The second-order valence-electron chi connectivity index (χ2n) is 10.4. The van der Waals surface area contributed by atoms with E-state index in [1.807, 2.05) is 0 Å². The number of nitrogens with zero attached hydrogens (tertiary/aromatic N) is 3. The number of hydrogen-bond acceptors (Lipinski definition) is 9. The fourth-order valence-electron chi connectivity index (χ4n) is 3.81. The van der Waals surface area contributed by atoms with Gasteiger partial charge in [0.1, 0.15) is 0 Å². The summed E-state index contributed by atoms with van der Waals surface area (Å²) >= 11 is 0. The number of nitrogens with one attached hydrogen (secondary N) is 2. The lowest BCUT2D eigenvalue weighted by atomic mass is 10.3. The zero-order chi connectivity index (χ0) is 30.0. The predicted octanol–water partition coefficient (Wildman–Crippen LogP) is 3.23. The van der Waals surface area contributed by atoms with Crippen LogP contribution in [-0.4, -0.2) is 115 Å². The lowest BCUT2D eigenvalue weighted by Crippen LogP contribution is -2.44. The average Bonchev–Trinajstić information content (AvgIpc) is 2.89. The van der Waals surface area contributed by atoms with Gasteiger partial charge in [0.2, 0.25) is 11.8 Å². The summed E-state index contributed by atoms with van der Waals surface area (Å²) in [5.41, 5.74) is 8.13. The molecule has 0 fully saturated rings. The standard InChI is InChI=1S/C25H53N5O8Si2/c1-27-24(31)8-6-22-39(2,3)38-40(4,5)23-7-9-25(32)28-10-12-33-14-16-35-18-20-37-21-19-36-17-15-34-13-11-29-30-26/h6-23H2,1-5H3,(H,27,31)(H,28,32). The monoisotopic (exact) mass is 607 g/mol. The zero-order valence-corrected chi connectivity index (χ0v) is 27.3. The van der Waals surface area contributed by atoms with Gasteiger partial charge in [0.25, 0.3) is 0 Å². The second kappa shape index (κ2) is 25.2. The van der Waals surface area contributed by atoms with Crippen LogP contribution in [-0.2, 0) is 37.4 Å². The summed E-state index contributed by atoms with van der Waals surface area (Å²) in [6.45, 7) is 14.2. The maximum atomic E-state index is 12.1. The highest BCUT2D eigenvalue weighted by Crippen LogP contribution is 2.24. The lowest BCUT2D eigenvalue weighted by molar-refractivity contribution is -0.121. The number of ether oxygens (including phenoxy) is 5. The molecule has 0 rings (SSSR count). The Morgan fingerprint density at radius 2 is 1.12 bits per heavy atom. The highest BCUT2D eigenvalue weighted by molar-refractivity contribution is 6.84. The molecule has 0 spiro atoms. The fourth-order valence-corrected chi connectivity index (χ4v) is 12.7. The van der Waals surface area contributed by atoms with Crippen LogP contribution in [0.5, 0.6) is 0 Å². The summed E-state index contributed by atoms with van der Waals surface area (Å²) in [7, 11) is -2.02. The van der Waals surface area contributed by atoms with Crippen LogP contribution in [0.3, 0.4) is 0 Å². The van der Waals surface area contributed by atoms with Gasteiger partial charge < -0.3 is 38.4 Å². The first-order chi connectivity index (χ1) is 19.1. The minimum absolute atomic E-state index is 0.0331. The maximum Gasteiger partial charge on any atom is 0.220 e. The molecule has 0 unspecified atom stereocenters. The van der Waals surface area contributed by atoms with Crippen molar-refractivity contribution in [2.75, 3.05) is 86.2 Å². The van der Waals surface area contributed by atoms with Gasteiger partial charge in [-0.05, 0) is 56.6 Å². The van der Waals surface area contributed by atoms with Crippen LogP contribution in [0.15, 0.2) is 5.11 Å². The number of amides is 2. The Bertz CT molecular complexity index is 713. The van der Waals surface area contributed by atoms with E-state index in [0.717, 1.165) is 24.9 Å². The molecule has 0 heterocycles. The summed E-state index contributed by atoms with van der Waals surface area (Å²) in [5.74, 6) is 0.109. The normalized spacial score (nSPS) is 11.7. The molecule has 40 heavy (non-hydrogen) atoms. The fraction of sp³-hybridized carbons (Fsp3) is 0.920. The van der Waals surface area contributed by atoms with Crippen molar-refractivity contribution in [3.8, 4) is 0 Å². The van der Waals surface area contributed by atoms with Gasteiger partial charge in [-0.1, -0.05) is 5.11 Å². The van der Waals surface area contributed by atoms with Gasteiger partial charge in [-0.25, -0.2) is 0 Å². The first kappa shape index (κ1) is 38.4. The van der Waals surface area contributed by atoms with E-state index >= 15 is 0 Å². The SMILES string of the molecule is CNC(=O)CCC[Si](C)(C)O[Si](C)(C)CCCC(=O)NCCOCCOCCOCCOCCOCCN=[N+]=[N-]. The van der Waals surface area contributed by atoms with E-state index in [-0.39, 0.29) is 11.8 Å². The second-order valence-corrected chi connectivity index (χ2v) is 19.2. The Morgan fingerprint density at radius 1 is 0.700 bits per heavy atom. The maximum absolute atomic E-state index is 12.1. The Labute approximate surface area is 242 Å². The number of azide groups is 1. The van der Waals surface area contributed by atoms with Crippen molar-refractivity contribution in [1.29, 1.82) is 0 Å². The minimum Gasteiger partial charge on any atom is -0.455 e. The molecule has 0 aromatic rings. The summed E-state index contributed by atoms with van der Waals surface area (Å²) in [6.07, 6.45) is 2.69. The number of carbonyl (C=O) groups excluding carboxylic acids is 2. The van der Waals surface area contributed by atoms with Crippen LogP contribution >= 0.6 is 0 Å². The van der Waals surface area contributed by atoms with Crippen molar-refractivity contribution in [3.05, 3.63) is 10.4 Å². The van der Waals surface area contributed by atoms with Gasteiger partial charge in [-0.15, -0.1) is 0 Å². The zero-order valence-electron chi connectivity index (χ0n) is 25.3. The first-order valence-corrected chi connectivity index (χ1v) is 20.4. The smallest absolute Gasteiger partial charge is 0.220 e. The van der Waals surface area contributed by atoms with E-state index in [0.29, 0.717) is 92.0 Å². The van der Waals surface area contributed by atoms with E-state index < -0.39 is 16.6 Å². The van der Waals surface area contributed by atoms with E-state index in [9.17, 15) is 9.59 Å². The van der Waals surface area contributed by atoms with Crippen LogP contribution in [0.2, 0.25) is 38.3 Å². The first-order valence-electron chi connectivity index (χ1n) is 14.2. The summed E-state index contributed by atoms with van der Waals surface area (Å²) in [6, 6.07) is 1.90. The van der Waals surface area contributed by atoms with Crippen LogP contribution in [0.4, 0.5) is 0 Å². The average molecular weight is 608 g/mol. The Balaban J connectivity index is 3.55. The highest BCUT2D eigenvalue weighted by Gasteiger charge is 2.32. The Kier molecular flexibility index (Phi) is 24.2. The summed E-state index contributed by atoms with van der Waals surface area (Å²) in [4.78, 5) is 26.2. The molecule has 0 aliphatic carbocycles. The van der Waals surface area contributed by atoms with Crippen LogP contribution in [0.1, 0.15) is 25.7 Å². The minimum atomic E-state index is -1.86. The van der Waals surface area contributed by atoms with E-state index in [1.54, 1.807) is 7.05 Å². The van der Waals surface area contributed by atoms with Crippen molar-refractivity contribution >= 4 is 28.4 Å². The summed E-state index contributed by atoms with van der Waals surface area (Å²) in [5, 5.41) is 8.93. The molecule has 0 radical (unpaired) electrons. The molecule has 13 nitrogen and oxygen atoms in total. The lowest BCUT2D eigenvalue weighted by Gasteiger charge is -2.34. The highest BCUT2D eigenvalue weighted by atomic mass is 28.4. The third kappa shape index (κ3) is 26.7. The van der Waals surface area contributed by atoms with Crippen LogP contribution < -0.4 is 10.6 Å². The molecule has 0 aromatic carbocycles. The van der Waals surface area contributed by atoms with Gasteiger partial charge in [-0.2, -0.15) is 0 Å². The van der Waals surface area contributed by atoms with Crippen molar-refractivity contribution in [3.63, 3.8) is 0 Å². The van der Waals surface area contributed by atoms with Crippen molar-refractivity contribution in [1.82, 2.24) is 10.6 Å². The molecular formula is C25H53N5O8Si2. The van der Waals surface area contributed by atoms with Gasteiger partial charge >= 0.3 is 0 Å². The van der Waals surface area contributed by atoms with Crippen LogP contribution in [0, 0.1) is 0 Å².